The highest BCUT2D eigenvalue weighted by atomic mass is 32.2. The summed E-state index contributed by atoms with van der Waals surface area (Å²) in [6, 6.07) is 69.0. The van der Waals surface area contributed by atoms with Crippen LogP contribution in [0, 0.1) is 45.3 Å². The van der Waals surface area contributed by atoms with Crippen molar-refractivity contribution < 1.29 is 9.59 Å². The van der Waals surface area contributed by atoms with Crippen LogP contribution < -0.4 is 0 Å². The molecule has 0 N–H and O–H groups in total. The van der Waals surface area contributed by atoms with Gasteiger partial charge in [-0.15, -0.1) is 34.4 Å². The van der Waals surface area contributed by atoms with Crippen LogP contribution in [-0.4, -0.2) is 11.6 Å². The average molecular weight is 1480 g/mol. The predicted molar refractivity (Wildman–Crippen MR) is 445 cm³/mol. The number of benzene rings is 7. The molecule has 0 amide bonds. The Bertz CT molecular complexity index is 5070. The molecule has 12 heteroatoms. The van der Waals surface area contributed by atoms with E-state index >= 15 is 0 Å². The molecule has 7 aromatic carbocycles. The van der Waals surface area contributed by atoms with Crippen molar-refractivity contribution in [2.45, 2.75) is 177 Å². The molecule has 0 saturated heterocycles. The molecule has 2 heterocycles. The fraction of sp³-hybridized carbons (Fsp3) is 0.269. The SMILES string of the molecule is CCCCCCc1ccc(CS/C(Sc2ccc(CCCCCC)cc2)=C2/c3cc4c(cc3-c3sc(/C=C5\C(=O)c6ccccc6C5=C(C#N)C#N)cc32)C(=C(Sc2ccc(CCCCCC)cc2)Sc2ccc(CCCCCC)cc2)c2cc(/C=C3\C(=O)c5ccccc5C3=C(C#N)C#N)sc2-4)cc1. The summed E-state index contributed by atoms with van der Waals surface area (Å²) >= 11 is 10.5. The van der Waals surface area contributed by atoms with Gasteiger partial charge in [-0.2, -0.15) is 21.0 Å². The van der Waals surface area contributed by atoms with Gasteiger partial charge >= 0.3 is 0 Å². The number of ketones is 2. The molecule has 9 aromatic rings. The van der Waals surface area contributed by atoms with Crippen molar-refractivity contribution in [2.75, 3.05) is 0 Å². The van der Waals surface area contributed by atoms with Gasteiger partial charge in [-0.05, 0) is 174 Å². The van der Waals surface area contributed by atoms with E-state index < -0.39 is 0 Å². The number of hydrogen-bond acceptors (Lipinski definition) is 12. The number of carbonyl (C=O) groups excluding carboxylic acids is 2. The lowest BCUT2D eigenvalue weighted by atomic mass is 9.98. The third kappa shape index (κ3) is 16.7. The molecule has 0 saturated carbocycles. The Balaban J connectivity index is 1.04. The lowest BCUT2D eigenvalue weighted by Crippen LogP contribution is -1.95. The number of rotatable bonds is 31. The predicted octanol–water partition coefficient (Wildman–Crippen LogP) is 27.2. The van der Waals surface area contributed by atoms with E-state index in [1.54, 1.807) is 70.1 Å². The molecule has 0 bridgehead atoms. The first-order valence-corrected chi connectivity index (χ1v) is 42.4. The molecule has 524 valence electrons. The number of thiophene rings is 2. The Morgan fingerprint density at radius 3 is 1.02 bits per heavy atom. The van der Waals surface area contributed by atoms with Crippen LogP contribution >= 0.6 is 69.7 Å². The minimum absolute atomic E-state index is 0.1000. The Hall–Kier alpha value is -8.92. The molecule has 13 rings (SSSR count). The zero-order valence-corrected chi connectivity index (χ0v) is 65.1. The number of aryl methyl sites for hydroxylation is 4. The van der Waals surface area contributed by atoms with Gasteiger partial charge in [0.05, 0.1) is 8.47 Å². The molecule has 4 aliphatic carbocycles. The van der Waals surface area contributed by atoms with E-state index in [1.165, 1.54) is 111 Å². The Morgan fingerprint density at radius 2 is 0.667 bits per heavy atom. The molecule has 0 spiro atoms. The number of fused-ring (bicyclic) bond motifs is 8. The van der Waals surface area contributed by atoms with Gasteiger partial charge in [-0.25, -0.2) is 0 Å². The minimum Gasteiger partial charge on any atom is -0.289 e. The van der Waals surface area contributed by atoms with Crippen LogP contribution in [0.4, 0.5) is 0 Å². The summed E-state index contributed by atoms with van der Waals surface area (Å²) in [5.74, 6) is 0.282. The highest BCUT2D eigenvalue weighted by molar-refractivity contribution is 8.22. The van der Waals surface area contributed by atoms with E-state index in [9.17, 15) is 30.6 Å². The van der Waals surface area contributed by atoms with E-state index in [2.05, 4.69) is 173 Å². The Kier molecular flexibility index (Phi) is 25.1. The first-order chi connectivity index (χ1) is 51.5. The standard InChI is InChI=1S/C93H84N4O2S6/c1-5-9-13-17-25-60-33-35-64(36-34-60)59-100-92(103-67-43-37-61(38-44-67)26-18-14-10-6-2)86-76-53-79-77(54-78(76)90-82(86)51-70(101-90)49-80-84(65(55-94)56-95)72-29-21-23-31-74(72)88(80)98)87(83-52-71(102-91(79)83)50-81-85(66(57-96)58-97)73-30-22-24-32-75(73)89(81)99)93(104-68-45-39-62(40-46-68)27-19-15-11-7-3)105-69-47-41-63(42-48-69)28-20-16-12-8-4/h21-24,29-54H,5-20,25-28,59H2,1-4H3/b80-49-,81-50-,92-86+. The van der Waals surface area contributed by atoms with E-state index in [0.29, 0.717) is 44.5 Å². The summed E-state index contributed by atoms with van der Waals surface area (Å²) in [6.07, 6.45) is 27.2. The minimum atomic E-state index is -0.219. The van der Waals surface area contributed by atoms with Crippen LogP contribution in [0.15, 0.2) is 215 Å². The van der Waals surface area contributed by atoms with Gasteiger partial charge in [0.1, 0.15) is 35.4 Å². The van der Waals surface area contributed by atoms with E-state index in [1.807, 2.05) is 60.3 Å². The Labute approximate surface area is 645 Å². The van der Waals surface area contributed by atoms with Crippen LogP contribution in [0.5, 0.6) is 0 Å². The number of Topliss-reactive ketones (excluding diaryl/α,β-unsaturated/α-hetero) is 2. The number of allylic oxidation sites excluding steroid dienone is 6. The van der Waals surface area contributed by atoms with Crippen LogP contribution in [-0.2, 0) is 31.4 Å². The number of nitriles is 4. The van der Waals surface area contributed by atoms with E-state index in [0.717, 1.165) is 138 Å². The first-order valence-electron chi connectivity index (χ1n) is 37.3. The third-order valence-electron chi connectivity index (χ3n) is 20.1. The summed E-state index contributed by atoms with van der Waals surface area (Å²) < 4.78 is 2.24. The second-order valence-electron chi connectivity index (χ2n) is 27.4. The van der Waals surface area contributed by atoms with Crippen molar-refractivity contribution >= 4 is 116 Å². The summed E-state index contributed by atoms with van der Waals surface area (Å²) in [6.45, 7) is 9.02. The molecule has 0 radical (unpaired) electrons. The summed E-state index contributed by atoms with van der Waals surface area (Å²) in [5.41, 5.74) is 18.4. The molecule has 0 aliphatic heterocycles. The van der Waals surface area contributed by atoms with Gasteiger partial charge in [0.25, 0.3) is 0 Å². The maximum Gasteiger partial charge on any atom is 0.194 e. The van der Waals surface area contributed by atoms with Crippen LogP contribution in [0.25, 0.3) is 55.3 Å². The first kappa shape index (κ1) is 74.4. The summed E-state index contributed by atoms with van der Waals surface area (Å²) in [4.78, 5) is 36.6. The van der Waals surface area contributed by atoms with E-state index in [-0.39, 0.29) is 22.7 Å². The highest BCUT2D eigenvalue weighted by Crippen LogP contribution is 2.62. The monoisotopic (exact) mass is 1480 g/mol. The maximum absolute atomic E-state index is 14.7. The molecule has 0 fully saturated rings. The van der Waals surface area contributed by atoms with E-state index in [4.69, 9.17) is 0 Å². The van der Waals surface area contributed by atoms with Gasteiger partial charge in [-0.1, -0.05) is 249 Å². The largest absolute Gasteiger partial charge is 0.289 e. The molecular formula is C93H84N4O2S6. The van der Waals surface area contributed by atoms with Crippen molar-refractivity contribution in [3.63, 3.8) is 0 Å². The number of carbonyl (C=O) groups is 2. The lowest BCUT2D eigenvalue weighted by molar-refractivity contribution is 0.103. The topological polar surface area (TPSA) is 129 Å². The Morgan fingerprint density at radius 1 is 0.343 bits per heavy atom. The quantitative estimate of drug-likeness (QED) is 0.0179. The van der Waals surface area contributed by atoms with Gasteiger partial charge in [-0.3, -0.25) is 9.59 Å². The lowest BCUT2D eigenvalue weighted by Gasteiger charge is -2.16. The second-order valence-corrected chi connectivity index (χ2v) is 34.4. The van der Waals surface area contributed by atoms with Crippen molar-refractivity contribution in [1.29, 1.82) is 21.0 Å². The fourth-order valence-electron chi connectivity index (χ4n) is 14.6. The molecular weight excluding hydrogens is 1400 g/mol. The molecule has 4 aliphatic rings. The molecule has 6 nitrogen and oxygen atoms in total. The van der Waals surface area contributed by atoms with Crippen molar-refractivity contribution in [1.82, 2.24) is 0 Å². The van der Waals surface area contributed by atoms with Crippen LogP contribution in [0.3, 0.4) is 0 Å². The normalized spacial score (nSPS) is 14.2. The van der Waals surface area contributed by atoms with Gasteiger partial charge in [0.2, 0.25) is 0 Å². The number of hydrogen-bond donors (Lipinski definition) is 0. The summed E-state index contributed by atoms with van der Waals surface area (Å²) in [5, 5.41) is 41.9. The highest BCUT2D eigenvalue weighted by Gasteiger charge is 2.39. The third-order valence-corrected chi connectivity index (χ3v) is 27.1. The van der Waals surface area contributed by atoms with Crippen LogP contribution in [0.2, 0.25) is 0 Å². The number of thioether (sulfide) groups is 4. The van der Waals surface area contributed by atoms with Crippen molar-refractivity contribution in [2.24, 2.45) is 0 Å². The summed E-state index contributed by atoms with van der Waals surface area (Å²) in [7, 11) is 0. The zero-order valence-electron chi connectivity index (χ0n) is 60.2. The number of unbranched alkanes of at least 4 members (excludes halogenated alkanes) is 12. The van der Waals surface area contributed by atoms with Gasteiger partial charge in [0, 0.05) is 107 Å². The van der Waals surface area contributed by atoms with Gasteiger partial charge in [0.15, 0.2) is 11.6 Å². The second kappa shape index (κ2) is 35.4. The fourth-order valence-corrected chi connectivity index (χ4v) is 21.6. The molecule has 2 aromatic heterocycles. The number of nitrogens with zero attached hydrogens (tertiary/aromatic N) is 4. The smallest absolute Gasteiger partial charge is 0.194 e. The maximum atomic E-state index is 14.7. The van der Waals surface area contributed by atoms with Crippen molar-refractivity contribution in [3.05, 3.63) is 283 Å². The average Bonchev–Trinajstić information content (AvgIpc) is 1.55. The zero-order chi connectivity index (χ0) is 72.8. The van der Waals surface area contributed by atoms with Crippen molar-refractivity contribution in [3.8, 4) is 45.2 Å². The molecule has 0 unspecified atom stereocenters. The van der Waals surface area contributed by atoms with Gasteiger partial charge < -0.3 is 0 Å². The van der Waals surface area contributed by atoms with Crippen LogP contribution in [0.1, 0.15) is 222 Å². The molecule has 105 heavy (non-hydrogen) atoms. The molecule has 0 atom stereocenters.